The molecule has 1 saturated heterocycles. The highest BCUT2D eigenvalue weighted by atomic mass is 16.2. The highest BCUT2D eigenvalue weighted by molar-refractivity contribution is 5.76. The topological polar surface area (TPSA) is 37.4 Å². The summed E-state index contributed by atoms with van der Waals surface area (Å²) < 4.78 is 0. The maximum atomic E-state index is 12.0. The number of amides is 1. The Morgan fingerprint density at radius 1 is 1.24 bits per heavy atom. The van der Waals surface area contributed by atoms with Crippen molar-refractivity contribution in [2.24, 2.45) is 0 Å². The lowest BCUT2D eigenvalue weighted by molar-refractivity contribution is -0.133. The van der Waals surface area contributed by atoms with Crippen LogP contribution in [-0.4, -0.2) is 29.7 Å². The third kappa shape index (κ3) is 4.72. The van der Waals surface area contributed by atoms with Crippen LogP contribution in [0.4, 0.5) is 0 Å². The second kappa shape index (κ2) is 8.04. The van der Waals surface area contributed by atoms with Crippen LogP contribution in [0.1, 0.15) is 51.4 Å². The van der Waals surface area contributed by atoms with Gasteiger partial charge < -0.3 is 9.69 Å². The van der Waals surface area contributed by atoms with Crippen molar-refractivity contribution in [1.82, 2.24) is 4.90 Å². The van der Waals surface area contributed by atoms with Crippen molar-refractivity contribution in [2.45, 2.75) is 57.4 Å². The molecule has 1 rings (SSSR count). The quantitative estimate of drug-likeness (QED) is 0.504. The van der Waals surface area contributed by atoms with Gasteiger partial charge in [-0.15, -0.1) is 6.58 Å². The highest BCUT2D eigenvalue weighted by Crippen LogP contribution is 2.19. The molecule has 0 N–H and O–H groups in total. The van der Waals surface area contributed by atoms with Crippen molar-refractivity contribution in [3.05, 3.63) is 12.7 Å². The summed E-state index contributed by atoms with van der Waals surface area (Å²) >= 11 is 0. The van der Waals surface area contributed by atoms with Crippen molar-refractivity contribution in [3.8, 4) is 0 Å². The van der Waals surface area contributed by atoms with Gasteiger partial charge in [0.2, 0.25) is 5.91 Å². The van der Waals surface area contributed by atoms with E-state index in [0.717, 1.165) is 51.4 Å². The molecular weight excluding hydrogens is 214 g/mol. The summed E-state index contributed by atoms with van der Waals surface area (Å²) in [4.78, 5) is 24.5. The normalized spacial score (nSPS) is 18.6. The first-order chi connectivity index (χ1) is 8.29. The Kier molecular flexibility index (Phi) is 6.60. The fraction of sp³-hybridized carbons (Fsp3) is 0.714. The molecule has 96 valence electrons. The first kappa shape index (κ1) is 13.9. The molecule has 1 heterocycles. The molecule has 1 atom stereocenters. The summed E-state index contributed by atoms with van der Waals surface area (Å²) in [5.41, 5.74) is 0. The van der Waals surface area contributed by atoms with Crippen LogP contribution in [-0.2, 0) is 9.59 Å². The average Bonchev–Trinajstić information content (AvgIpc) is 2.55. The lowest BCUT2D eigenvalue weighted by Crippen LogP contribution is -2.40. The van der Waals surface area contributed by atoms with Gasteiger partial charge >= 0.3 is 0 Å². The molecule has 1 fully saturated rings. The van der Waals surface area contributed by atoms with Crippen LogP contribution in [0.15, 0.2) is 12.7 Å². The Balaban J connectivity index is 2.59. The maximum Gasteiger partial charge on any atom is 0.222 e. The Hall–Kier alpha value is -1.12. The van der Waals surface area contributed by atoms with Gasteiger partial charge in [0.05, 0.1) is 0 Å². The lowest BCUT2D eigenvalue weighted by Gasteiger charge is -2.30. The molecular formula is C14H23NO2. The van der Waals surface area contributed by atoms with Crippen LogP contribution in [0.2, 0.25) is 0 Å². The van der Waals surface area contributed by atoms with Gasteiger partial charge in [-0.25, -0.2) is 0 Å². The monoisotopic (exact) mass is 237 g/mol. The van der Waals surface area contributed by atoms with E-state index in [2.05, 4.69) is 6.58 Å². The highest BCUT2D eigenvalue weighted by Gasteiger charge is 2.23. The first-order valence-corrected chi connectivity index (χ1v) is 6.63. The second-order valence-corrected chi connectivity index (χ2v) is 4.66. The molecule has 0 bridgehead atoms. The maximum absolute atomic E-state index is 12.0. The van der Waals surface area contributed by atoms with Gasteiger partial charge in [0.1, 0.15) is 6.29 Å². The summed E-state index contributed by atoms with van der Waals surface area (Å²) in [6, 6.07) is 0.226. The minimum absolute atomic E-state index is 0.226. The molecule has 1 amide bonds. The molecule has 0 radical (unpaired) electrons. The van der Waals surface area contributed by atoms with E-state index in [1.165, 1.54) is 0 Å². The molecule has 17 heavy (non-hydrogen) atoms. The molecule has 0 aromatic rings. The zero-order chi connectivity index (χ0) is 12.5. The van der Waals surface area contributed by atoms with E-state index in [9.17, 15) is 9.59 Å². The van der Waals surface area contributed by atoms with Gasteiger partial charge in [0.25, 0.3) is 0 Å². The standard InChI is InChI=1S/C14H23NO2/c1-2-3-8-13(9-7-12-16)15-11-6-4-5-10-14(15)17/h2,12-13H,1,3-11H2. The van der Waals surface area contributed by atoms with Crippen molar-refractivity contribution >= 4 is 12.2 Å². The van der Waals surface area contributed by atoms with Crippen LogP contribution in [0.3, 0.4) is 0 Å². The first-order valence-electron chi connectivity index (χ1n) is 6.63. The van der Waals surface area contributed by atoms with Crippen LogP contribution in [0, 0.1) is 0 Å². The van der Waals surface area contributed by atoms with Crippen LogP contribution in [0.5, 0.6) is 0 Å². The zero-order valence-corrected chi connectivity index (χ0v) is 10.6. The molecule has 1 aliphatic rings. The Morgan fingerprint density at radius 2 is 2.00 bits per heavy atom. The van der Waals surface area contributed by atoms with Gasteiger partial charge in [-0.3, -0.25) is 4.79 Å². The minimum Gasteiger partial charge on any atom is -0.340 e. The largest absolute Gasteiger partial charge is 0.340 e. The van der Waals surface area contributed by atoms with Crippen molar-refractivity contribution in [3.63, 3.8) is 0 Å². The van der Waals surface area contributed by atoms with Crippen molar-refractivity contribution in [1.29, 1.82) is 0 Å². The predicted molar refractivity (Wildman–Crippen MR) is 68.7 cm³/mol. The number of nitrogens with zero attached hydrogens (tertiary/aromatic N) is 1. The summed E-state index contributed by atoms with van der Waals surface area (Å²) in [6.07, 6.45) is 9.94. The molecule has 3 nitrogen and oxygen atoms in total. The van der Waals surface area contributed by atoms with E-state index >= 15 is 0 Å². The summed E-state index contributed by atoms with van der Waals surface area (Å²) in [6.45, 7) is 4.58. The van der Waals surface area contributed by atoms with Gasteiger partial charge in [0, 0.05) is 25.4 Å². The number of hydrogen-bond acceptors (Lipinski definition) is 2. The smallest absolute Gasteiger partial charge is 0.222 e. The minimum atomic E-state index is 0.226. The number of aldehydes is 1. The average molecular weight is 237 g/mol. The van der Waals surface area contributed by atoms with Crippen LogP contribution < -0.4 is 0 Å². The van der Waals surface area contributed by atoms with Gasteiger partial charge in [0.15, 0.2) is 0 Å². The SMILES string of the molecule is C=CCCC(CCC=O)N1CCCCCC1=O. The molecule has 1 aliphatic heterocycles. The van der Waals surface area contributed by atoms with Gasteiger partial charge in [-0.2, -0.15) is 0 Å². The van der Waals surface area contributed by atoms with E-state index in [4.69, 9.17) is 0 Å². The number of carbonyl (C=O) groups is 2. The summed E-state index contributed by atoms with van der Waals surface area (Å²) in [5, 5.41) is 0. The molecule has 1 unspecified atom stereocenters. The number of likely N-dealkylation sites (tertiary alicyclic amines) is 1. The summed E-state index contributed by atoms with van der Waals surface area (Å²) in [7, 11) is 0. The van der Waals surface area contributed by atoms with Gasteiger partial charge in [-0.05, 0) is 32.1 Å². The van der Waals surface area contributed by atoms with Crippen molar-refractivity contribution < 1.29 is 9.59 Å². The van der Waals surface area contributed by atoms with E-state index in [-0.39, 0.29) is 11.9 Å². The lowest BCUT2D eigenvalue weighted by atomic mass is 10.0. The van der Waals surface area contributed by atoms with Crippen molar-refractivity contribution in [2.75, 3.05) is 6.54 Å². The zero-order valence-electron chi connectivity index (χ0n) is 10.6. The second-order valence-electron chi connectivity index (χ2n) is 4.66. The molecule has 0 aromatic carbocycles. The van der Waals surface area contributed by atoms with E-state index in [1.807, 2.05) is 11.0 Å². The predicted octanol–water partition coefficient (Wildman–Crippen LogP) is 2.70. The van der Waals surface area contributed by atoms with Crippen LogP contribution >= 0.6 is 0 Å². The number of carbonyl (C=O) groups excluding carboxylic acids is 2. The van der Waals surface area contributed by atoms with Gasteiger partial charge in [-0.1, -0.05) is 12.5 Å². The molecule has 0 aliphatic carbocycles. The van der Waals surface area contributed by atoms with E-state index in [1.54, 1.807) is 0 Å². The fourth-order valence-electron chi connectivity index (χ4n) is 2.42. The number of hydrogen-bond donors (Lipinski definition) is 0. The Bertz CT molecular complexity index is 251. The van der Waals surface area contributed by atoms with E-state index in [0.29, 0.717) is 12.8 Å². The molecule has 0 saturated carbocycles. The molecule has 3 heteroatoms. The fourth-order valence-corrected chi connectivity index (χ4v) is 2.42. The summed E-state index contributed by atoms with van der Waals surface area (Å²) in [5.74, 6) is 0.266. The number of allylic oxidation sites excluding steroid dienone is 1. The molecule has 0 spiro atoms. The van der Waals surface area contributed by atoms with E-state index < -0.39 is 0 Å². The Labute approximate surface area is 104 Å². The van der Waals surface area contributed by atoms with Crippen LogP contribution in [0.25, 0.3) is 0 Å². The number of rotatable bonds is 7. The third-order valence-corrected chi connectivity index (χ3v) is 3.37. The third-order valence-electron chi connectivity index (χ3n) is 3.37. The molecule has 0 aromatic heterocycles. The Morgan fingerprint density at radius 3 is 2.71 bits per heavy atom.